The van der Waals surface area contributed by atoms with E-state index in [1.807, 2.05) is 54.1 Å². The van der Waals surface area contributed by atoms with Gasteiger partial charge < -0.3 is 24.8 Å². The number of rotatable bonds is 8. The molecule has 2 aromatic carbocycles. The van der Waals surface area contributed by atoms with Gasteiger partial charge >= 0.3 is 6.03 Å². The highest BCUT2D eigenvalue weighted by molar-refractivity contribution is 5.84. The first-order valence-corrected chi connectivity index (χ1v) is 12.6. The fourth-order valence-electron chi connectivity index (χ4n) is 5.00. The van der Waals surface area contributed by atoms with E-state index in [1.165, 1.54) is 0 Å². The number of hydrogen-bond acceptors (Lipinski definition) is 3. The van der Waals surface area contributed by atoms with Crippen molar-refractivity contribution in [1.82, 2.24) is 20.1 Å². The minimum Gasteiger partial charge on any atom is -0.497 e. The maximum atomic E-state index is 13.1. The van der Waals surface area contributed by atoms with Crippen molar-refractivity contribution >= 4 is 22.8 Å². The quantitative estimate of drug-likeness (QED) is 0.499. The Balaban J connectivity index is 1.44. The third-order valence-electron chi connectivity index (χ3n) is 7.17. The fraction of sp³-hybridized carbons (Fsp3) is 0.429. The average Bonchev–Trinajstić information content (AvgIpc) is 3.34. The normalized spacial score (nSPS) is 15.1. The molecule has 0 bridgehead atoms. The molecule has 186 valence electrons. The number of nitrogens with one attached hydrogen (secondary N) is 2. The minimum atomic E-state index is -0.0739. The van der Waals surface area contributed by atoms with E-state index in [0.29, 0.717) is 45.6 Å². The van der Waals surface area contributed by atoms with Gasteiger partial charge in [0.05, 0.1) is 7.11 Å². The molecule has 0 saturated carbocycles. The summed E-state index contributed by atoms with van der Waals surface area (Å²) in [5.41, 5.74) is 3.36. The summed E-state index contributed by atoms with van der Waals surface area (Å²) in [5, 5.41) is 4.38. The topological polar surface area (TPSA) is 77.7 Å². The van der Waals surface area contributed by atoms with Crippen LogP contribution >= 0.6 is 0 Å². The molecular formula is C28H36N4O3. The number of benzene rings is 2. The molecule has 3 aromatic rings. The molecule has 1 fully saturated rings. The second-order valence-electron chi connectivity index (χ2n) is 9.08. The molecule has 1 unspecified atom stereocenters. The molecule has 2 N–H and O–H groups in total. The first-order chi connectivity index (χ1) is 17.0. The first-order valence-electron chi connectivity index (χ1n) is 12.6. The number of H-pyrrole nitrogens is 1. The van der Waals surface area contributed by atoms with Crippen LogP contribution in [0.2, 0.25) is 0 Å². The number of aromatic amines is 1. The largest absolute Gasteiger partial charge is 0.497 e. The van der Waals surface area contributed by atoms with Gasteiger partial charge in [0.2, 0.25) is 5.91 Å². The van der Waals surface area contributed by atoms with Gasteiger partial charge in [0.1, 0.15) is 5.75 Å². The second-order valence-corrected chi connectivity index (χ2v) is 9.08. The number of para-hydroxylation sites is 1. The Kier molecular flexibility index (Phi) is 7.95. The minimum absolute atomic E-state index is 0.00494. The van der Waals surface area contributed by atoms with E-state index in [-0.39, 0.29) is 23.8 Å². The maximum Gasteiger partial charge on any atom is 0.319 e. The lowest BCUT2D eigenvalue weighted by Gasteiger charge is -2.35. The van der Waals surface area contributed by atoms with Crippen LogP contribution in [0.15, 0.2) is 54.7 Å². The number of ether oxygens (including phenoxy) is 1. The number of amides is 3. The molecular weight excluding hydrogens is 440 g/mol. The van der Waals surface area contributed by atoms with Crippen LogP contribution in [0, 0.1) is 5.92 Å². The average molecular weight is 477 g/mol. The molecule has 1 aliphatic rings. The lowest BCUT2D eigenvalue weighted by atomic mass is 9.90. The summed E-state index contributed by atoms with van der Waals surface area (Å²) >= 11 is 0. The van der Waals surface area contributed by atoms with Gasteiger partial charge in [0, 0.05) is 61.7 Å². The van der Waals surface area contributed by atoms with Crippen molar-refractivity contribution in [1.29, 1.82) is 0 Å². The zero-order valence-corrected chi connectivity index (χ0v) is 20.9. The Hall–Kier alpha value is -3.48. The Morgan fingerprint density at radius 2 is 1.77 bits per heavy atom. The van der Waals surface area contributed by atoms with E-state index in [4.69, 9.17) is 4.74 Å². The number of aromatic nitrogens is 1. The van der Waals surface area contributed by atoms with Gasteiger partial charge in [0.15, 0.2) is 0 Å². The van der Waals surface area contributed by atoms with Crippen LogP contribution in [-0.4, -0.2) is 66.6 Å². The number of fused-ring (bicyclic) bond motifs is 1. The Morgan fingerprint density at radius 3 is 2.43 bits per heavy atom. The van der Waals surface area contributed by atoms with Gasteiger partial charge in [-0.3, -0.25) is 4.79 Å². The van der Waals surface area contributed by atoms with Gasteiger partial charge in [-0.05, 0) is 56.0 Å². The Morgan fingerprint density at radius 1 is 1.09 bits per heavy atom. The SMILES string of the molecule is CCN(CC)C(=O)N1CCC(C(=O)NCC(c2ccc(OC)cc2)c2c[nH]c3ccccc23)CC1. The number of nitrogens with zero attached hydrogens (tertiary/aromatic N) is 2. The van der Waals surface area contributed by atoms with Crippen LogP contribution in [0.25, 0.3) is 10.9 Å². The van der Waals surface area contributed by atoms with Crippen LogP contribution < -0.4 is 10.1 Å². The van der Waals surface area contributed by atoms with Gasteiger partial charge in [-0.25, -0.2) is 4.79 Å². The Bertz CT molecular complexity index is 1130. The van der Waals surface area contributed by atoms with Crippen LogP contribution in [0.1, 0.15) is 43.7 Å². The molecule has 0 aliphatic carbocycles. The summed E-state index contributed by atoms with van der Waals surface area (Å²) in [6, 6.07) is 16.4. The van der Waals surface area contributed by atoms with Gasteiger partial charge in [-0.15, -0.1) is 0 Å². The van der Waals surface area contributed by atoms with Crippen molar-refractivity contribution in [2.75, 3.05) is 39.8 Å². The van der Waals surface area contributed by atoms with E-state index in [0.717, 1.165) is 27.8 Å². The predicted octanol–water partition coefficient (Wildman–Crippen LogP) is 4.60. The number of urea groups is 1. The summed E-state index contributed by atoms with van der Waals surface area (Å²) in [4.78, 5) is 32.8. The number of methoxy groups -OCH3 is 1. The molecule has 1 aromatic heterocycles. The van der Waals surface area contributed by atoms with E-state index < -0.39 is 0 Å². The summed E-state index contributed by atoms with van der Waals surface area (Å²) in [6.07, 6.45) is 3.43. The van der Waals surface area contributed by atoms with Crippen molar-refractivity contribution in [2.45, 2.75) is 32.6 Å². The predicted molar refractivity (Wildman–Crippen MR) is 139 cm³/mol. The van der Waals surface area contributed by atoms with Crippen molar-refractivity contribution in [3.8, 4) is 5.75 Å². The van der Waals surface area contributed by atoms with E-state index in [2.05, 4.69) is 34.6 Å². The fourth-order valence-corrected chi connectivity index (χ4v) is 5.00. The van der Waals surface area contributed by atoms with Crippen LogP contribution in [-0.2, 0) is 4.79 Å². The van der Waals surface area contributed by atoms with E-state index in [1.54, 1.807) is 7.11 Å². The highest BCUT2D eigenvalue weighted by Gasteiger charge is 2.29. The molecule has 2 heterocycles. The van der Waals surface area contributed by atoms with Crippen molar-refractivity contribution < 1.29 is 14.3 Å². The van der Waals surface area contributed by atoms with Crippen LogP contribution in [0.5, 0.6) is 5.75 Å². The molecule has 1 saturated heterocycles. The van der Waals surface area contributed by atoms with Gasteiger partial charge in [0.25, 0.3) is 0 Å². The second kappa shape index (κ2) is 11.3. The Labute approximate surface area is 207 Å². The molecule has 4 rings (SSSR count). The summed E-state index contributed by atoms with van der Waals surface area (Å²) in [6.45, 7) is 7.15. The molecule has 7 heteroatoms. The molecule has 0 spiro atoms. The number of likely N-dealkylation sites (tertiary alicyclic amines) is 1. The summed E-state index contributed by atoms with van der Waals surface area (Å²) < 4.78 is 5.34. The lowest BCUT2D eigenvalue weighted by Crippen LogP contribution is -2.48. The molecule has 0 radical (unpaired) electrons. The van der Waals surface area contributed by atoms with E-state index >= 15 is 0 Å². The summed E-state index contributed by atoms with van der Waals surface area (Å²) in [7, 11) is 1.66. The highest BCUT2D eigenvalue weighted by Crippen LogP contribution is 2.31. The van der Waals surface area contributed by atoms with Crippen LogP contribution in [0.4, 0.5) is 4.79 Å². The van der Waals surface area contributed by atoms with Crippen molar-refractivity contribution in [3.05, 3.63) is 65.9 Å². The monoisotopic (exact) mass is 476 g/mol. The zero-order chi connectivity index (χ0) is 24.8. The number of piperidine rings is 1. The number of hydrogen-bond donors (Lipinski definition) is 2. The van der Waals surface area contributed by atoms with Crippen LogP contribution in [0.3, 0.4) is 0 Å². The van der Waals surface area contributed by atoms with Crippen molar-refractivity contribution in [2.24, 2.45) is 5.92 Å². The third kappa shape index (κ3) is 5.45. The lowest BCUT2D eigenvalue weighted by molar-refractivity contribution is -0.126. The molecule has 35 heavy (non-hydrogen) atoms. The number of carbonyl (C=O) groups excluding carboxylic acids is 2. The first kappa shape index (κ1) is 24.6. The molecule has 1 aliphatic heterocycles. The maximum absolute atomic E-state index is 13.1. The zero-order valence-electron chi connectivity index (χ0n) is 20.9. The molecule has 7 nitrogen and oxygen atoms in total. The molecule has 3 amide bonds. The van der Waals surface area contributed by atoms with Crippen molar-refractivity contribution in [3.63, 3.8) is 0 Å². The van der Waals surface area contributed by atoms with Gasteiger partial charge in [-0.2, -0.15) is 0 Å². The molecule has 1 atom stereocenters. The smallest absolute Gasteiger partial charge is 0.319 e. The summed E-state index contributed by atoms with van der Waals surface area (Å²) in [5.74, 6) is 0.806. The van der Waals surface area contributed by atoms with Gasteiger partial charge in [-0.1, -0.05) is 30.3 Å². The standard InChI is InChI=1S/C28H36N4O3/c1-4-31(5-2)28(34)32-16-14-21(15-17-32)27(33)30-18-24(20-10-12-22(35-3)13-11-20)25-19-29-26-9-7-6-8-23(25)26/h6-13,19,21,24,29H,4-5,14-18H2,1-3H3,(H,30,33). The van der Waals surface area contributed by atoms with E-state index in [9.17, 15) is 9.59 Å². The highest BCUT2D eigenvalue weighted by atomic mass is 16.5. The third-order valence-corrected chi connectivity index (χ3v) is 7.17. The number of carbonyl (C=O) groups is 2.